The van der Waals surface area contributed by atoms with Gasteiger partial charge in [-0.1, -0.05) is 36.4 Å². The van der Waals surface area contributed by atoms with Gasteiger partial charge in [-0.3, -0.25) is 14.7 Å². The number of carbonyl (C=O) groups is 1. The van der Waals surface area contributed by atoms with E-state index in [-0.39, 0.29) is 5.91 Å². The molecule has 4 rings (SSSR count). The average molecular weight is 390 g/mol. The van der Waals surface area contributed by atoms with E-state index in [4.69, 9.17) is 4.42 Å². The van der Waals surface area contributed by atoms with Crippen molar-refractivity contribution in [1.29, 1.82) is 0 Å². The van der Waals surface area contributed by atoms with Gasteiger partial charge in [0.2, 0.25) is 5.91 Å². The minimum atomic E-state index is 0.175. The monoisotopic (exact) mass is 390 g/mol. The number of hydrogen-bond donors (Lipinski definition) is 0. The van der Waals surface area contributed by atoms with E-state index in [1.54, 1.807) is 6.20 Å². The zero-order valence-electron chi connectivity index (χ0n) is 16.5. The summed E-state index contributed by atoms with van der Waals surface area (Å²) in [5.74, 6) is 1.54. The van der Waals surface area contributed by atoms with Crippen molar-refractivity contribution in [1.82, 2.24) is 19.8 Å². The van der Waals surface area contributed by atoms with Gasteiger partial charge < -0.3 is 9.32 Å². The summed E-state index contributed by atoms with van der Waals surface area (Å²) in [6.07, 6.45) is 5.48. The van der Waals surface area contributed by atoms with E-state index in [9.17, 15) is 4.79 Å². The van der Waals surface area contributed by atoms with Gasteiger partial charge in [-0.15, -0.1) is 0 Å². The summed E-state index contributed by atoms with van der Waals surface area (Å²) in [5.41, 5.74) is 2.12. The first kappa shape index (κ1) is 19.3. The second-order valence-corrected chi connectivity index (χ2v) is 7.28. The maximum absolute atomic E-state index is 12.6. The fourth-order valence-corrected chi connectivity index (χ4v) is 3.57. The number of benzene rings is 1. The van der Waals surface area contributed by atoms with E-state index in [0.717, 1.165) is 56.2 Å². The van der Waals surface area contributed by atoms with E-state index in [0.29, 0.717) is 18.7 Å². The van der Waals surface area contributed by atoms with Gasteiger partial charge in [-0.25, -0.2) is 4.98 Å². The Morgan fingerprint density at radius 1 is 0.931 bits per heavy atom. The van der Waals surface area contributed by atoms with Crippen molar-refractivity contribution in [3.8, 4) is 11.3 Å². The highest BCUT2D eigenvalue weighted by molar-refractivity contribution is 5.76. The molecule has 1 fully saturated rings. The summed E-state index contributed by atoms with van der Waals surface area (Å²) >= 11 is 0. The molecule has 0 saturated carbocycles. The Morgan fingerprint density at radius 3 is 2.48 bits per heavy atom. The molecule has 6 heteroatoms. The molecule has 6 nitrogen and oxygen atoms in total. The van der Waals surface area contributed by atoms with Gasteiger partial charge in [0.05, 0.1) is 6.20 Å². The molecule has 0 bridgehead atoms. The summed E-state index contributed by atoms with van der Waals surface area (Å²) in [5, 5.41) is 0. The van der Waals surface area contributed by atoms with Crippen molar-refractivity contribution in [2.24, 2.45) is 0 Å². The van der Waals surface area contributed by atoms with Gasteiger partial charge in [-0.05, 0) is 12.1 Å². The molecule has 150 valence electrons. The molecule has 3 aromatic rings. The Morgan fingerprint density at radius 2 is 1.72 bits per heavy atom. The number of aryl methyl sites for hydroxylation is 1. The van der Waals surface area contributed by atoms with Gasteiger partial charge in [-0.2, -0.15) is 0 Å². The number of hydrogen-bond acceptors (Lipinski definition) is 5. The van der Waals surface area contributed by atoms with Crippen LogP contribution in [0.4, 0.5) is 0 Å². The van der Waals surface area contributed by atoms with Crippen LogP contribution in [0.3, 0.4) is 0 Å². The smallest absolute Gasteiger partial charge is 0.223 e. The molecule has 0 spiro atoms. The fourth-order valence-electron chi connectivity index (χ4n) is 3.57. The molecule has 1 aromatic carbocycles. The van der Waals surface area contributed by atoms with E-state index in [1.165, 1.54) is 0 Å². The van der Waals surface area contributed by atoms with Gasteiger partial charge in [0.25, 0.3) is 0 Å². The minimum absolute atomic E-state index is 0.175. The summed E-state index contributed by atoms with van der Waals surface area (Å²) in [6, 6.07) is 15.9. The van der Waals surface area contributed by atoms with E-state index < -0.39 is 0 Å². The summed E-state index contributed by atoms with van der Waals surface area (Å²) in [6.45, 7) is 4.37. The zero-order chi connectivity index (χ0) is 19.9. The molecule has 2 aromatic heterocycles. The van der Waals surface area contributed by atoms with Crippen LogP contribution in [0.25, 0.3) is 11.3 Å². The first-order chi connectivity index (χ1) is 14.3. The second-order valence-electron chi connectivity index (χ2n) is 7.28. The minimum Gasteiger partial charge on any atom is -0.441 e. The number of rotatable bonds is 7. The Kier molecular flexibility index (Phi) is 6.32. The van der Waals surface area contributed by atoms with Gasteiger partial charge >= 0.3 is 0 Å². The Balaban J connectivity index is 1.20. The summed E-state index contributed by atoms with van der Waals surface area (Å²) in [4.78, 5) is 25.6. The van der Waals surface area contributed by atoms with Crippen LogP contribution in [0, 0.1) is 0 Å². The van der Waals surface area contributed by atoms with Crippen LogP contribution in [-0.4, -0.2) is 58.4 Å². The maximum atomic E-state index is 12.6. The van der Waals surface area contributed by atoms with Crippen LogP contribution in [-0.2, 0) is 17.6 Å². The van der Waals surface area contributed by atoms with E-state index in [1.807, 2.05) is 53.6 Å². The number of aromatic nitrogens is 2. The molecule has 0 aliphatic carbocycles. The third-order valence-corrected chi connectivity index (χ3v) is 5.30. The van der Waals surface area contributed by atoms with Gasteiger partial charge in [0, 0.05) is 69.4 Å². The predicted octanol–water partition coefficient (Wildman–Crippen LogP) is 3.06. The first-order valence-electron chi connectivity index (χ1n) is 10.2. The van der Waals surface area contributed by atoms with Crippen molar-refractivity contribution < 1.29 is 9.21 Å². The van der Waals surface area contributed by atoms with Crippen molar-refractivity contribution in [2.45, 2.75) is 19.3 Å². The Hall–Kier alpha value is -2.99. The standard InChI is InChI=1S/C23H26N4O2/c28-23(10-9-22-25-18-21(29-22)19-6-2-1-3-7-19)27-16-14-26(15-17-27)13-11-20-8-4-5-12-24-20/h1-8,12,18H,9-11,13-17H2. The lowest BCUT2D eigenvalue weighted by Gasteiger charge is -2.34. The first-order valence-corrected chi connectivity index (χ1v) is 10.2. The third-order valence-electron chi connectivity index (χ3n) is 5.30. The lowest BCUT2D eigenvalue weighted by atomic mass is 10.2. The molecule has 3 heterocycles. The topological polar surface area (TPSA) is 62.5 Å². The number of oxazole rings is 1. The highest BCUT2D eigenvalue weighted by Crippen LogP contribution is 2.20. The van der Waals surface area contributed by atoms with Crippen molar-refractivity contribution in [3.63, 3.8) is 0 Å². The number of carbonyl (C=O) groups excluding carboxylic acids is 1. The number of nitrogens with zero attached hydrogens (tertiary/aromatic N) is 4. The summed E-state index contributed by atoms with van der Waals surface area (Å²) in [7, 11) is 0. The van der Waals surface area contributed by atoms with Crippen LogP contribution in [0.15, 0.2) is 65.3 Å². The average Bonchev–Trinajstić information content (AvgIpc) is 3.27. The third kappa shape index (κ3) is 5.29. The van der Waals surface area contributed by atoms with Crippen LogP contribution < -0.4 is 0 Å². The second kappa shape index (κ2) is 9.47. The van der Waals surface area contributed by atoms with Gasteiger partial charge in [0.1, 0.15) is 0 Å². The summed E-state index contributed by atoms with van der Waals surface area (Å²) < 4.78 is 5.80. The van der Waals surface area contributed by atoms with Crippen LogP contribution >= 0.6 is 0 Å². The van der Waals surface area contributed by atoms with Crippen LogP contribution in [0.2, 0.25) is 0 Å². The predicted molar refractivity (Wildman–Crippen MR) is 111 cm³/mol. The van der Waals surface area contributed by atoms with E-state index in [2.05, 4.69) is 20.9 Å². The molecule has 1 aliphatic rings. The molecule has 1 amide bonds. The molecular weight excluding hydrogens is 364 g/mol. The molecule has 0 unspecified atom stereocenters. The highest BCUT2D eigenvalue weighted by atomic mass is 16.4. The molecular formula is C23H26N4O2. The van der Waals surface area contributed by atoms with Crippen molar-refractivity contribution in [3.05, 3.63) is 72.5 Å². The van der Waals surface area contributed by atoms with Crippen molar-refractivity contribution in [2.75, 3.05) is 32.7 Å². The highest BCUT2D eigenvalue weighted by Gasteiger charge is 2.21. The Labute approximate surface area is 171 Å². The SMILES string of the molecule is O=C(CCc1ncc(-c2ccccc2)o1)N1CCN(CCc2ccccn2)CC1. The lowest BCUT2D eigenvalue weighted by molar-refractivity contribution is -0.133. The number of amides is 1. The van der Waals surface area contributed by atoms with Crippen LogP contribution in [0.5, 0.6) is 0 Å². The van der Waals surface area contributed by atoms with Crippen LogP contribution in [0.1, 0.15) is 18.0 Å². The zero-order valence-corrected chi connectivity index (χ0v) is 16.5. The molecule has 0 radical (unpaired) electrons. The largest absolute Gasteiger partial charge is 0.441 e. The Bertz CT molecular complexity index is 903. The number of pyridine rings is 1. The van der Waals surface area contributed by atoms with Crippen molar-refractivity contribution >= 4 is 5.91 Å². The fraction of sp³-hybridized carbons (Fsp3) is 0.348. The normalized spacial score (nSPS) is 14.8. The lowest BCUT2D eigenvalue weighted by Crippen LogP contribution is -2.49. The van der Waals surface area contributed by atoms with Gasteiger partial charge in [0.15, 0.2) is 11.7 Å². The molecule has 29 heavy (non-hydrogen) atoms. The molecule has 1 saturated heterocycles. The van der Waals surface area contributed by atoms with E-state index >= 15 is 0 Å². The quantitative estimate of drug-likeness (QED) is 0.620. The maximum Gasteiger partial charge on any atom is 0.223 e. The number of piperazine rings is 1. The molecule has 1 aliphatic heterocycles. The molecule has 0 N–H and O–H groups in total. The molecule has 0 atom stereocenters.